The number of methoxy groups -OCH3 is 2. The minimum absolute atomic E-state index is 0.141. The molecule has 0 heterocycles. The zero-order valence-corrected chi connectivity index (χ0v) is 13.6. The van der Waals surface area contributed by atoms with Crippen molar-refractivity contribution in [2.75, 3.05) is 20.8 Å². The standard InChI is InChI=1S/C15H22BrNO2/c1-9(2)12-10(15(8-17)5-6-15)7-11(16)13(18-3)14(12)19-4/h7,9H,5-6,8,17H2,1-4H3. The van der Waals surface area contributed by atoms with Gasteiger partial charge in [-0.15, -0.1) is 0 Å². The molecule has 1 aromatic carbocycles. The molecule has 0 radical (unpaired) electrons. The van der Waals surface area contributed by atoms with Gasteiger partial charge in [-0.3, -0.25) is 0 Å². The Kier molecular flexibility index (Phi) is 4.11. The lowest BCUT2D eigenvalue weighted by Crippen LogP contribution is -2.22. The Bertz CT molecular complexity index is 482. The van der Waals surface area contributed by atoms with E-state index in [0.717, 1.165) is 28.8 Å². The molecular weight excluding hydrogens is 306 g/mol. The SMILES string of the molecule is COc1c(Br)cc(C2(CN)CC2)c(C(C)C)c1OC. The summed E-state index contributed by atoms with van der Waals surface area (Å²) in [7, 11) is 3.37. The van der Waals surface area contributed by atoms with Crippen molar-refractivity contribution >= 4 is 15.9 Å². The molecule has 2 N–H and O–H groups in total. The second-order valence-corrected chi connectivity index (χ2v) is 6.38. The first-order valence-corrected chi connectivity index (χ1v) is 7.45. The summed E-state index contributed by atoms with van der Waals surface area (Å²) in [6.45, 7) is 5.05. The molecule has 0 aromatic heterocycles. The molecule has 0 unspecified atom stereocenters. The highest BCUT2D eigenvalue weighted by atomic mass is 79.9. The third-order valence-corrected chi connectivity index (χ3v) is 4.62. The van der Waals surface area contributed by atoms with E-state index in [9.17, 15) is 0 Å². The van der Waals surface area contributed by atoms with Crippen LogP contribution in [-0.2, 0) is 5.41 Å². The van der Waals surface area contributed by atoms with Gasteiger partial charge in [0.05, 0.1) is 18.7 Å². The first-order chi connectivity index (χ1) is 9.00. The normalized spacial score (nSPS) is 16.6. The average molecular weight is 328 g/mol. The number of benzene rings is 1. The van der Waals surface area contributed by atoms with Crippen LogP contribution in [0.25, 0.3) is 0 Å². The van der Waals surface area contributed by atoms with Crippen molar-refractivity contribution < 1.29 is 9.47 Å². The number of nitrogens with two attached hydrogens (primary N) is 1. The Morgan fingerprint density at radius 1 is 1.26 bits per heavy atom. The van der Waals surface area contributed by atoms with Gasteiger partial charge in [-0.1, -0.05) is 13.8 Å². The maximum Gasteiger partial charge on any atom is 0.175 e. The number of halogens is 1. The van der Waals surface area contributed by atoms with Crippen molar-refractivity contribution in [1.82, 2.24) is 0 Å². The third kappa shape index (κ3) is 2.36. The molecule has 0 aliphatic heterocycles. The average Bonchev–Trinajstić information content (AvgIpc) is 3.17. The molecule has 1 saturated carbocycles. The van der Waals surface area contributed by atoms with Crippen molar-refractivity contribution in [2.24, 2.45) is 5.73 Å². The third-order valence-electron chi connectivity index (χ3n) is 4.03. The molecule has 0 bridgehead atoms. The second kappa shape index (κ2) is 5.33. The van der Waals surface area contributed by atoms with Crippen LogP contribution in [0.3, 0.4) is 0 Å². The minimum Gasteiger partial charge on any atom is -0.493 e. The fourth-order valence-electron chi connectivity index (χ4n) is 2.76. The van der Waals surface area contributed by atoms with Crippen LogP contribution in [0, 0.1) is 0 Å². The number of hydrogen-bond acceptors (Lipinski definition) is 3. The minimum atomic E-state index is 0.141. The summed E-state index contributed by atoms with van der Waals surface area (Å²) in [5.74, 6) is 1.97. The second-order valence-electron chi connectivity index (χ2n) is 5.53. The van der Waals surface area contributed by atoms with Crippen LogP contribution in [0.2, 0.25) is 0 Å². The first kappa shape index (κ1) is 14.7. The van der Waals surface area contributed by atoms with Gasteiger partial charge >= 0.3 is 0 Å². The van der Waals surface area contributed by atoms with Crippen molar-refractivity contribution in [2.45, 2.75) is 38.0 Å². The lowest BCUT2D eigenvalue weighted by molar-refractivity contribution is 0.347. The van der Waals surface area contributed by atoms with Gasteiger partial charge in [-0.25, -0.2) is 0 Å². The summed E-state index contributed by atoms with van der Waals surface area (Å²) in [6.07, 6.45) is 2.32. The highest BCUT2D eigenvalue weighted by Crippen LogP contribution is 2.54. The van der Waals surface area contributed by atoms with Crippen molar-refractivity contribution in [3.63, 3.8) is 0 Å². The van der Waals surface area contributed by atoms with Gasteiger partial charge in [0.2, 0.25) is 0 Å². The van der Waals surface area contributed by atoms with Gasteiger partial charge in [-0.05, 0) is 46.3 Å². The molecular formula is C15H22BrNO2. The summed E-state index contributed by atoms with van der Waals surface area (Å²) in [6, 6.07) is 2.16. The molecule has 2 rings (SSSR count). The quantitative estimate of drug-likeness (QED) is 0.898. The van der Waals surface area contributed by atoms with Crippen LogP contribution in [0.1, 0.15) is 43.7 Å². The van der Waals surface area contributed by atoms with Crippen molar-refractivity contribution in [3.05, 3.63) is 21.7 Å². The Morgan fingerprint density at radius 3 is 2.21 bits per heavy atom. The monoisotopic (exact) mass is 327 g/mol. The predicted molar refractivity (Wildman–Crippen MR) is 81.3 cm³/mol. The Morgan fingerprint density at radius 2 is 1.84 bits per heavy atom. The first-order valence-electron chi connectivity index (χ1n) is 6.65. The Hall–Kier alpha value is -0.740. The molecule has 1 aliphatic carbocycles. The fraction of sp³-hybridized carbons (Fsp3) is 0.600. The van der Waals surface area contributed by atoms with Crippen molar-refractivity contribution in [1.29, 1.82) is 0 Å². The Balaban J connectivity index is 2.70. The van der Waals surface area contributed by atoms with Crippen LogP contribution in [0.15, 0.2) is 10.5 Å². The largest absolute Gasteiger partial charge is 0.493 e. The van der Waals surface area contributed by atoms with Gasteiger partial charge in [0, 0.05) is 17.5 Å². The summed E-state index contributed by atoms with van der Waals surface area (Å²) in [5, 5.41) is 0. The van der Waals surface area contributed by atoms with Crippen LogP contribution in [0.5, 0.6) is 11.5 Å². The van der Waals surface area contributed by atoms with Crippen LogP contribution in [-0.4, -0.2) is 20.8 Å². The van der Waals surface area contributed by atoms with Gasteiger partial charge in [0.1, 0.15) is 0 Å². The summed E-state index contributed by atoms with van der Waals surface area (Å²) >= 11 is 3.59. The summed E-state index contributed by atoms with van der Waals surface area (Å²) in [5.41, 5.74) is 8.68. The van der Waals surface area contributed by atoms with Gasteiger partial charge in [-0.2, -0.15) is 0 Å². The molecule has 0 amide bonds. The summed E-state index contributed by atoms with van der Waals surface area (Å²) < 4.78 is 12.0. The molecule has 1 aliphatic rings. The zero-order valence-electron chi connectivity index (χ0n) is 12.0. The summed E-state index contributed by atoms with van der Waals surface area (Å²) in [4.78, 5) is 0. The van der Waals surface area contributed by atoms with Gasteiger partial charge in [0.15, 0.2) is 11.5 Å². The molecule has 1 aromatic rings. The van der Waals surface area contributed by atoms with Crippen molar-refractivity contribution in [3.8, 4) is 11.5 Å². The van der Waals surface area contributed by atoms with E-state index in [4.69, 9.17) is 15.2 Å². The van der Waals surface area contributed by atoms with E-state index in [-0.39, 0.29) is 5.41 Å². The smallest absolute Gasteiger partial charge is 0.175 e. The van der Waals surface area contributed by atoms with E-state index >= 15 is 0 Å². The van der Waals surface area contributed by atoms with E-state index in [1.54, 1.807) is 14.2 Å². The van der Waals surface area contributed by atoms with Crippen LogP contribution >= 0.6 is 15.9 Å². The molecule has 0 atom stereocenters. The van der Waals surface area contributed by atoms with Crippen LogP contribution < -0.4 is 15.2 Å². The highest BCUT2D eigenvalue weighted by Gasteiger charge is 2.45. The molecule has 4 heteroatoms. The molecule has 1 fully saturated rings. The van der Waals surface area contributed by atoms with Crippen LogP contribution in [0.4, 0.5) is 0 Å². The molecule has 0 spiro atoms. The molecule has 0 saturated heterocycles. The number of rotatable bonds is 5. The maximum absolute atomic E-state index is 5.99. The van der Waals surface area contributed by atoms with Gasteiger partial charge < -0.3 is 15.2 Å². The fourth-order valence-corrected chi connectivity index (χ4v) is 3.33. The van der Waals surface area contributed by atoms with E-state index in [0.29, 0.717) is 12.5 Å². The maximum atomic E-state index is 5.99. The van der Waals surface area contributed by atoms with E-state index < -0.39 is 0 Å². The van der Waals surface area contributed by atoms with Gasteiger partial charge in [0.25, 0.3) is 0 Å². The number of hydrogen-bond donors (Lipinski definition) is 1. The number of ether oxygens (including phenoxy) is 2. The topological polar surface area (TPSA) is 44.5 Å². The molecule has 106 valence electrons. The zero-order chi connectivity index (χ0) is 14.2. The van der Waals surface area contributed by atoms with E-state index in [2.05, 4.69) is 35.8 Å². The molecule has 3 nitrogen and oxygen atoms in total. The molecule has 19 heavy (non-hydrogen) atoms. The van der Waals surface area contributed by atoms with E-state index in [1.807, 2.05) is 0 Å². The Labute approximate surface area is 123 Å². The van der Waals surface area contributed by atoms with E-state index in [1.165, 1.54) is 11.1 Å². The lowest BCUT2D eigenvalue weighted by atomic mass is 9.85. The lowest BCUT2D eigenvalue weighted by Gasteiger charge is -2.25. The predicted octanol–water partition coefficient (Wildman–Crippen LogP) is 3.58. The highest BCUT2D eigenvalue weighted by molar-refractivity contribution is 9.10.